The van der Waals surface area contributed by atoms with Crippen LogP contribution in [0.15, 0.2) is 12.1 Å². The third-order valence-electron chi connectivity index (χ3n) is 1.85. The molecule has 15 heavy (non-hydrogen) atoms. The van der Waals surface area contributed by atoms with Gasteiger partial charge in [-0.05, 0) is 24.1 Å². The molecule has 0 amide bonds. The second-order valence-electron chi connectivity index (χ2n) is 3.06. The average molecular weight is 250 g/mol. The lowest BCUT2D eigenvalue weighted by atomic mass is 10.1. The quantitative estimate of drug-likeness (QED) is 0.761. The van der Waals surface area contributed by atoms with E-state index in [-0.39, 0.29) is 22.2 Å². The summed E-state index contributed by atoms with van der Waals surface area (Å²) in [5.74, 6) is -1.32. The number of carbonyl (C=O) groups is 1. The number of nitrogens with two attached hydrogens (primary N) is 1. The minimum atomic E-state index is -1.10. The summed E-state index contributed by atoms with van der Waals surface area (Å²) in [6.45, 7) is 0. The molecular weight excluding hydrogens is 241 g/mol. The Labute approximate surface area is 96.2 Å². The van der Waals surface area contributed by atoms with Crippen LogP contribution in [0.4, 0.5) is 0 Å². The van der Waals surface area contributed by atoms with Gasteiger partial charge < -0.3 is 15.9 Å². The van der Waals surface area contributed by atoms with E-state index >= 15 is 0 Å². The Hall–Kier alpha value is -0.970. The molecule has 0 unspecified atom stereocenters. The molecule has 0 bridgehead atoms. The molecule has 1 rings (SSSR count). The average Bonchev–Trinajstić information content (AvgIpc) is 2.13. The lowest BCUT2D eigenvalue weighted by Crippen LogP contribution is -2.32. The molecule has 0 aliphatic carbocycles. The van der Waals surface area contributed by atoms with E-state index < -0.39 is 12.0 Å². The zero-order chi connectivity index (χ0) is 11.6. The largest absolute Gasteiger partial charge is 0.505 e. The molecule has 6 heteroatoms. The van der Waals surface area contributed by atoms with E-state index in [1.54, 1.807) is 0 Å². The van der Waals surface area contributed by atoms with Crippen LogP contribution < -0.4 is 5.73 Å². The van der Waals surface area contributed by atoms with Crippen molar-refractivity contribution in [2.45, 2.75) is 12.5 Å². The molecule has 0 saturated heterocycles. The van der Waals surface area contributed by atoms with Crippen LogP contribution in [0.1, 0.15) is 5.56 Å². The molecule has 0 fully saturated rings. The molecule has 0 spiro atoms. The summed E-state index contributed by atoms with van der Waals surface area (Å²) < 4.78 is 0. The number of aromatic hydroxyl groups is 1. The van der Waals surface area contributed by atoms with Gasteiger partial charge >= 0.3 is 5.97 Å². The number of benzene rings is 1. The summed E-state index contributed by atoms with van der Waals surface area (Å²) in [7, 11) is 0. The van der Waals surface area contributed by atoms with Gasteiger partial charge in [0.05, 0.1) is 10.0 Å². The molecule has 82 valence electrons. The molecule has 0 heterocycles. The fourth-order valence-corrected chi connectivity index (χ4v) is 1.61. The first-order valence-corrected chi connectivity index (χ1v) is 4.82. The highest BCUT2D eigenvalue weighted by Gasteiger charge is 2.14. The van der Waals surface area contributed by atoms with Gasteiger partial charge in [-0.3, -0.25) is 4.79 Å². The van der Waals surface area contributed by atoms with Gasteiger partial charge in [0.15, 0.2) is 5.75 Å². The summed E-state index contributed by atoms with van der Waals surface area (Å²) >= 11 is 11.3. The normalized spacial score (nSPS) is 12.5. The fourth-order valence-electron chi connectivity index (χ4n) is 1.08. The SMILES string of the molecule is N[C@H](Cc1cc(Cl)c(O)c(Cl)c1)C(=O)O. The maximum Gasteiger partial charge on any atom is 0.320 e. The van der Waals surface area contributed by atoms with Crippen molar-refractivity contribution >= 4 is 29.2 Å². The summed E-state index contributed by atoms with van der Waals surface area (Å²) in [5.41, 5.74) is 5.91. The summed E-state index contributed by atoms with van der Waals surface area (Å²) in [5, 5.41) is 18.0. The smallest absolute Gasteiger partial charge is 0.320 e. The van der Waals surface area contributed by atoms with Crippen LogP contribution in [-0.4, -0.2) is 22.2 Å². The van der Waals surface area contributed by atoms with Gasteiger partial charge in [-0.2, -0.15) is 0 Å². The number of rotatable bonds is 3. The van der Waals surface area contributed by atoms with Crippen molar-refractivity contribution in [3.8, 4) is 5.75 Å². The number of hydrogen-bond acceptors (Lipinski definition) is 3. The third kappa shape index (κ3) is 2.99. The van der Waals surface area contributed by atoms with Gasteiger partial charge in [0.1, 0.15) is 6.04 Å². The Morgan fingerprint density at radius 2 is 1.87 bits per heavy atom. The van der Waals surface area contributed by atoms with Crippen molar-refractivity contribution in [1.29, 1.82) is 0 Å². The van der Waals surface area contributed by atoms with E-state index in [4.69, 9.17) is 34.0 Å². The molecule has 0 aliphatic heterocycles. The first kappa shape index (κ1) is 12.1. The third-order valence-corrected chi connectivity index (χ3v) is 2.43. The maximum atomic E-state index is 10.5. The molecule has 4 nitrogen and oxygen atoms in total. The topological polar surface area (TPSA) is 83.5 Å². The molecule has 0 aliphatic rings. The Morgan fingerprint density at radius 3 is 2.27 bits per heavy atom. The van der Waals surface area contributed by atoms with E-state index in [0.29, 0.717) is 5.56 Å². The maximum absolute atomic E-state index is 10.5. The number of carboxylic acid groups (broad SMARTS) is 1. The van der Waals surface area contributed by atoms with Crippen LogP contribution in [0, 0.1) is 0 Å². The van der Waals surface area contributed by atoms with E-state index in [2.05, 4.69) is 0 Å². The van der Waals surface area contributed by atoms with Crippen molar-refractivity contribution in [2.24, 2.45) is 5.73 Å². The zero-order valence-corrected chi connectivity index (χ0v) is 9.09. The van der Waals surface area contributed by atoms with Gasteiger partial charge in [0, 0.05) is 0 Å². The number of carboxylic acids is 1. The van der Waals surface area contributed by atoms with Crippen molar-refractivity contribution in [3.63, 3.8) is 0 Å². The molecule has 0 saturated carbocycles. The fraction of sp³-hybridized carbons (Fsp3) is 0.222. The number of hydrogen-bond donors (Lipinski definition) is 3. The van der Waals surface area contributed by atoms with Gasteiger partial charge in [0.25, 0.3) is 0 Å². The zero-order valence-electron chi connectivity index (χ0n) is 7.58. The van der Waals surface area contributed by atoms with Crippen molar-refractivity contribution in [2.75, 3.05) is 0 Å². The van der Waals surface area contributed by atoms with Crippen molar-refractivity contribution in [1.82, 2.24) is 0 Å². The minimum absolute atomic E-state index is 0.0788. The number of phenols is 1. The van der Waals surface area contributed by atoms with Gasteiger partial charge in [-0.25, -0.2) is 0 Å². The van der Waals surface area contributed by atoms with Crippen LogP contribution in [0.2, 0.25) is 10.0 Å². The first-order chi connectivity index (χ1) is 6.91. The standard InChI is InChI=1S/C9H9Cl2NO3/c10-5-1-4(2-6(11)8(5)13)3-7(12)9(14)15/h1-2,7,13H,3,12H2,(H,14,15)/t7-/m1/s1. The Balaban J connectivity index is 2.92. The van der Waals surface area contributed by atoms with Crippen LogP contribution >= 0.6 is 23.2 Å². The van der Waals surface area contributed by atoms with Crippen LogP contribution in [0.3, 0.4) is 0 Å². The number of aliphatic carboxylic acids is 1. The Bertz CT molecular complexity index is 372. The molecule has 1 aromatic rings. The first-order valence-electron chi connectivity index (χ1n) is 4.07. The molecular formula is C9H9Cl2NO3. The van der Waals surface area contributed by atoms with E-state index in [1.165, 1.54) is 12.1 Å². The Kier molecular flexibility index (Phi) is 3.79. The van der Waals surface area contributed by atoms with Crippen molar-refractivity contribution < 1.29 is 15.0 Å². The predicted octanol–water partition coefficient (Wildman–Crippen LogP) is 1.65. The number of phenolic OH excluding ortho intramolecular Hbond substituents is 1. The van der Waals surface area contributed by atoms with Gasteiger partial charge in [-0.15, -0.1) is 0 Å². The molecule has 1 aromatic carbocycles. The molecule has 0 radical (unpaired) electrons. The van der Waals surface area contributed by atoms with Crippen LogP contribution in [0.25, 0.3) is 0 Å². The molecule has 1 atom stereocenters. The highest BCUT2D eigenvalue weighted by Crippen LogP contribution is 2.32. The van der Waals surface area contributed by atoms with Crippen LogP contribution in [-0.2, 0) is 11.2 Å². The second-order valence-corrected chi connectivity index (χ2v) is 3.87. The van der Waals surface area contributed by atoms with E-state index in [0.717, 1.165) is 0 Å². The molecule has 4 N–H and O–H groups in total. The highest BCUT2D eigenvalue weighted by molar-refractivity contribution is 6.37. The molecule has 0 aromatic heterocycles. The minimum Gasteiger partial charge on any atom is -0.505 e. The Morgan fingerprint density at radius 1 is 1.40 bits per heavy atom. The van der Waals surface area contributed by atoms with E-state index in [1.807, 2.05) is 0 Å². The second kappa shape index (κ2) is 4.70. The summed E-state index contributed by atoms with van der Waals surface area (Å²) in [6.07, 6.45) is 0.106. The monoisotopic (exact) mass is 249 g/mol. The lowest BCUT2D eigenvalue weighted by Gasteiger charge is -2.08. The van der Waals surface area contributed by atoms with Crippen molar-refractivity contribution in [3.05, 3.63) is 27.7 Å². The highest BCUT2D eigenvalue weighted by atomic mass is 35.5. The van der Waals surface area contributed by atoms with Crippen LogP contribution in [0.5, 0.6) is 5.75 Å². The summed E-state index contributed by atoms with van der Waals surface area (Å²) in [4.78, 5) is 10.5. The lowest BCUT2D eigenvalue weighted by molar-refractivity contribution is -0.138. The number of halogens is 2. The van der Waals surface area contributed by atoms with Gasteiger partial charge in [-0.1, -0.05) is 23.2 Å². The summed E-state index contributed by atoms with van der Waals surface area (Å²) in [6, 6.07) is 1.86. The predicted molar refractivity (Wildman–Crippen MR) is 57.4 cm³/mol. The van der Waals surface area contributed by atoms with E-state index in [9.17, 15) is 9.90 Å². The van der Waals surface area contributed by atoms with Gasteiger partial charge in [0.2, 0.25) is 0 Å².